The number of rotatable bonds is 2. The van der Waals surface area contributed by atoms with E-state index >= 15 is 0 Å². The molecule has 1 aliphatic carbocycles. The van der Waals surface area contributed by atoms with Crippen LogP contribution in [0.1, 0.15) is 24.8 Å². The summed E-state index contributed by atoms with van der Waals surface area (Å²) in [5.41, 5.74) is 7.19. The van der Waals surface area contributed by atoms with Gasteiger partial charge < -0.3 is 5.73 Å². The molecule has 1 aliphatic rings. The van der Waals surface area contributed by atoms with Crippen LogP contribution in [0.2, 0.25) is 0 Å². The zero-order valence-electron chi connectivity index (χ0n) is 8.25. The van der Waals surface area contributed by atoms with Crippen LogP contribution in [0.3, 0.4) is 0 Å². The Labute approximate surface area is 84.1 Å². The Morgan fingerprint density at radius 3 is 2.50 bits per heavy atom. The van der Waals surface area contributed by atoms with Crippen LogP contribution in [0.4, 0.5) is 4.39 Å². The van der Waals surface area contributed by atoms with Gasteiger partial charge in [0.1, 0.15) is 5.82 Å². The lowest BCUT2D eigenvalue weighted by atomic mass is 9.95. The summed E-state index contributed by atoms with van der Waals surface area (Å²) in [6.07, 6.45) is 4.61. The highest BCUT2D eigenvalue weighted by Gasteiger charge is 2.23. The fraction of sp³-hybridized carbons (Fsp3) is 0.500. The maximum atomic E-state index is 12.7. The summed E-state index contributed by atoms with van der Waals surface area (Å²) in [7, 11) is 0. The first-order valence-electron chi connectivity index (χ1n) is 5.26. The summed E-state index contributed by atoms with van der Waals surface area (Å²) in [5, 5.41) is 0. The maximum absolute atomic E-state index is 12.7. The molecule has 14 heavy (non-hydrogen) atoms. The molecule has 1 saturated carbocycles. The van der Waals surface area contributed by atoms with E-state index in [1.54, 1.807) is 0 Å². The Morgan fingerprint density at radius 2 is 1.93 bits per heavy atom. The Kier molecular flexibility index (Phi) is 2.82. The molecule has 2 atom stereocenters. The van der Waals surface area contributed by atoms with E-state index < -0.39 is 0 Å². The minimum Gasteiger partial charge on any atom is -0.327 e. The molecule has 0 spiro atoms. The van der Waals surface area contributed by atoms with Crippen LogP contribution in [0.5, 0.6) is 0 Å². The molecule has 0 amide bonds. The fourth-order valence-corrected chi connectivity index (χ4v) is 2.24. The molecule has 0 aliphatic heterocycles. The van der Waals surface area contributed by atoms with E-state index in [2.05, 4.69) is 0 Å². The van der Waals surface area contributed by atoms with Gasteiger partial charge in [-0.25, -0.2) is 4.39 Å². The minimum atomic E-state index is -0.163. The predicted molar refractivity (Wildman–Crippen MR) is 55.4 cm³/mol. The van der Waals surface area contributed by atoms with E-state index in [4.69, 9.17) is 5.73 Å². The molecule has 0 radical (unpaired) electrons. The van der Waals surface area contributed by atoms with Crippen molar-refractivity contribution in [3.8, 4) is 0 Å². The molecule has 0 saturated heterocycles. The second kappa shape index (κ2) is 4.09. The van der Waals surface area contributed by atoms with E-state index in [1.165, 1.54) is 30.5 Å². The first-order valence-corrected chi connectivity index (χ1v) is 5.26. The molecule has 1 aromatic carbocycles. The van der Waals surface area contributed by atoms with Crippen molar-refractivity contribution in [3.63, 3.8) is 0 Å². The SMILES string of the molecule is NC1CCCC1Cc1ccc(F)cc1. The second-order valence-electron chi connectivity index (χ2n) is 4.19. The highest BCUT2D eigenvalue weighted by atomic mass is 19.1. The Hall–Kier alpha value is -0.890. The van der Waals surface area contributed by atoms with Gasteiger partial charge in [0, 0.05) is 6.04 Å². The van der Waals surface area contributed by atoms with Crippen molar-refractivity contribution in [2.75, 3.05) is 0 Å². The Morgan fingerprint density at radius 1 is 1.21 bits per heavy atom. The van der Waals surface area contributed by atoms with Gasteiger partial charge in [0.05, 0.1) is 0 Å². The van der Waals surface area contributed by atoms with Crippen LogP contribution in [0.15, 0.2) is 24.3 Å². The normalized spacial score (nSPS) is 26.7. The molecule has 2 unspecified atom stereocenters. The third-order valence-electron chi connectivity index (χ3n) is 3.13. The second-order valence-corrected chi connectivity index (χ2v) is 4.19. The fourth-order valence-electron chi connectivity index (χ4n) is 2.24. The predicted octanol–water partition coefficient (Wildman–Crippen LogP) is 2.50. The molecule has 1 nitrogen and oxygen atoms in total. The summed E-state index contributed by atoms with van der Waals surface area (Å²) < 4.78 is 12.7. The summed E-state index contributed by atoms with van der Waals surface area (Å²) in [6, 6.07) is 7.12. The number of nitrogens with two attached hydrogens (primary N) is 1. The summed E-state index contributed by atoms with van der Waals surface area (Å²) in [6.45, 7) is 0. The van der Waals surface area contributed by atoms with Gasteiger partial charge in [-0.05, 0) is 42.9 Å². The van der Waals surface area contributed by atoms with E-state index in [0.29, 0.717) is 12.0 Å². The first kappa shape index (κ1) is 9.66. The first-order chi connectivity index (χ1) is 6.75. The molecule has 1 aromatic rings. The van der Waals surface area contributed by atoms with Crippen molar-refractivity contribution >= 4 is 0 Å². The van der Waals surface area contributed by atoms with Crippen LogP contribution in [0.25, 0.3) is 0 Å². The monoisotopic (exact) mass is 193 g/mol. The Balaban J connectivity index is 2.00. The molecule has 2 heteroatoms. The van der Waals surface area contributed by atoms with Crippen molar-refractivity contribution in [2.45, 2.75) is 31.7 Å². The van der Waals surface area contributed by atoms with Crippen molar-refractivity contribution in [3.05, 3.63) is 35.6 Å². The number of hydrogen-bond donors (Lipinski definition) is 1. The summed E-state index contributed by atoms with van der Waals surface area (Å²) in [4.78, 5) is 0. The third kappa shape index (κ3) is 2.13. The molecule has 0 heterocycles. The molecule has 1 fully saturated rings. The lowest BCUT2D eigenvalue weighted by molar-refractivity contribution is 0.478. The van der Waals surface area contributed by atoms with Gasteiger partial charge in [-0.1, -0.05) is 18.6 Å². The number of hydrogen-bond acceptors (Lipinski definition) is 1. The Bertz CT molecular complexity index is 294. The quantitative estimate of drug-likeness (QED) is 0.767. The smallest absolute Gasteiger partial charge is 0.123 e. The van der Waals surface area contributed by atoms with Crippen LogP contribution >= 0.6 is 0 Å². The van der Waals surface area contributed by atoms with Crippen LogP contribution in [-0.2, 0) is 6.42 Å². The van der Waals surface area contributed by atoms with Gasteiger partial charge in [-0.2, -0.15) is 0 Å². The van der Waals surface area contributed by atoms with Crippen LogP contribution < -0.4 is 5.73 Å². The van der Waals surface area contributed by atoms with E-state index in [-0.39, 0.29) is 5.82 Å². The zero-order chi connectivity index (χ0) is 9.97. The van der Waals surface area contributed by atoms with Gasteiger partial charge in [0.25, 0.3) is 0 Å². The lowest BCUT2D eigenvalue weighted by Gasteiger charge is -2.14. The maximum Gasteiger partial charge on any atom is 0.123 e. The van der Waals surface area contributed by atoms with Gasteiger partial charge >= 0.3 is 0 Å². The third-order valence-corrected chi connectivity index (χ3v) is 3.13. The highest BCUT2D eigenvalue weighted by molar-refractivity contribution is 5.17. The largest absolute Gasteiger partial charge is 0.327 e. The molecule has 2 rings (SSSR count). The summed E-state index contributed by atoms with van der Waals surface area (Å²) >= 11 is 0. The minimum absolute atomic E-state index is 0.163. The topological polar surface area (TPSA) is 26.0 Å². The average Bonchev–Trinajstić information content (AvgIpc) is 2.56. The number of halogens is 1. The van der Waals surface area contributed by atoms with E-state index in [9.17, 15) is 4.39 Å². The van der Waals surface area contributed by atoms with E-state index in [1.807, 2.05) is 12.1 Å². The average molecular weight is 193 g/mol. The van der Waals surface area contributed by atoms with Crippen molar-refractivity contribution in [2.24, 2.45) is 11.7 Å². The van der Waals surface area contributed by atoms with Crippen molar-refractivity contribution in [1.82, 2.24) is 0 Å². The lowest BCUT2D eigenvalue weighted by Crippen LogP contribution is -2.25. The number of benzene rings is 1. The zero-order valence-corrected chi connectivity index (χ0v) is 8.25. The molecule has 2 N–H and O–H groups in total. The highest BCUT2D eigenvalue weighted by Crippen LogP contribution is 2.27. The van der Waals surface area contributed by atoms with Crippen molar-refractivity contribution in [1.29, 1.82) is 0 Å². The van der Waals surface area contributed by atoms with Gasteiger partial charge in [-0.3, -0.25) is 0 Å². The van der Waals surface area contributed by atoms with Gasteiger partial charge in [0.15, 0.2) is 0 Å². The molecular weight excluding hydrogens is 177 g/mol. The molecule has 76 valence electrons. The van der Waals surface area contributed by atoms with Crippen LogP contribution in [0, 0.1) is 11.7 Å². The summed E-state index contributed by atoms with van der Waals surface area (Å²) in [5.74, 6) is 0.435. The van der Waals surface area contributed by atoms with E-state index in [0.717, 1.165) is 12.8 Å². The van der Waals surface area contributed by atoms with Crippen molar-refractivity contribution < 1.29 is 4.39 Å². The molecular formula is C12H16FN. The molecule has 0 bridgehead atoms. The van der Waals surface area contributed by atoms with Crippen LogP contribution in [-0.4, -0.2) is 6.04 Å². The van der Waals surface area contributed by atoms with Gasteiger partial charge in [0.2, 0.25) is 0 Å². The molecule has 0 aromatic heterocycles. The van der Waals surface area contributed by atoms with Gasteiger partial charge in [-0.15, -0.1) is 0 Å². The standard InChI is InChI=1S/C12H16FN/c13-11-6-4-9(5-7-11)8-10-2-1-3-12(10)14/h4-7,10,12H,1-3,8,14H2.